The van der Waals surface area contributed by atoms with Crippen molar-refractivity contribution in [2.24, 2.45) is 5.92 Å². The number of likely N-dealkylation sites (tertiary alicyclic amines) is 1. The molecule has 20 heavy (non-hydrogen) atoms. The van der Waals surface area contributed by atoms with Gasteiger partial charge in [-0.1, -0.05) is 27.2 Å². The molecule has 0 bridgehead atoms. The van der Waals surface area contributed by atoms with Gasteiger partial charge in [0.25, 0.3) is 5.91 Å². The van der Waals surface area contributed by atoms with Crippen LogP contribution in [0.5, 0.6) is 0 Å². The van der Waals surface area contributed by atoms with E-state index in [4.69, 9.17) is 0 Å². The maximum absolute atomic E-state index is 11.6. The summed E-state index contributed by atoms with van der Waals surface area (Å²) in [6, 6.07) is 3.64. The molecular weight excluding hydrogens is 252 g/mol. The van der Waals surface area contributed by atoms with E-state index in [1.165, 1.54) is 11.3 Å². The molecule has 1 aromatic rings. The van der Waals surface area contributed by atoms with E-state index >= 15 is 0 Å². The number of aromatic nitrogens is 2. The van der Waals surface area contributed by atoms with Gasteiger partial charge in [-0.05, 0) is 18.1 Å². The molecule has 0 unspecified atom stereocenters. The highest BCUT2D eigenvalue weighted by molar-refractivity contribution is 5.91. The number of carbonyl (C=O) groups excluding carboxylic acids is 1. The Morgan fingerprint density at radius 2 is 1.95 bits per heavy atom. The van der Waals surface area contributed by atoms with Crippen LogP contribution in [0.1, 0.15) is 43.4 Å². The summed E-state index contributed by atoms with van der Waals surface area (Å²) in [5.41, 5.74) is 1.33. The van der Waals surface area contributed by atoms with Crippen LogP contribution < -0.4 is 0 Å². The Bertz CT molecular complexity index is 410. The number of hydrogen-bond donors (Lipinski definition) is 0. The zero-order valence-electron chi connectivity index (χ0n) is 13.3. The van der Waals surface area contributed by atoms with Crippen LogP contribution in [-0.2, 0) is 6.54 Å². The first-order chi connectivity index (χ1) is 9.60. The molecule has 2 rings (SSSR count). The second kappa shape index (κ2) is 7.94. The molecule has 1 aliphatic rings. The Morgan fingerprint density at radius 1 is 1.30 bits per heavy atom. The minimum atomic E-state index is -0.107. The Kier molecular flexibility index (Phi) is 6.58. The van der Waals surface area contributed by atoms with Crippen molar-refractivity contribution in [3.63, 3.8) is 0 Å². The van der Waals surface area contributed by atoms with Crippen LogP contribution in [0.2, 0.25) is 0 Å². The highest BCUT2D eigenvalue weighted by Crippen LogP contribution is 2.20. The van der Waals surface area contributed by atoms with Gasteiger partial charge in [0.05, 0.1) is 5.69 Å². The number of hydrogen-bond acceptors (Lipinski definition) is 4. The van der Waals surface area contributed by atoms with Crippen LogP contribution in [0.3, 0.4) is 0 Å². The van der Waals surface area contributed by atoms with Crippen molar-refractivity contribution in [2.75, 3.05) is 27.2 Å². The summed E-state index contributed by atoms with van der Waals surface area (Å²) in [6.45, 7) is 9.36. The summed E-state index contributed by atoms with van der Waals surface area (Å²) in [6.07, 6.45) is 1.25. The maximum atomic E-state index is 11.6. The smallest absolute Gasteiger partial charge is 0.273 e. The quantitative estimate of drug-likeness (QED) is 0.846. The van der Waals surface area contributed by atoms with E-state index in [1.807, 2.05) is 19.9 Å². The lowest BCUT2D eigenvalue weighted by atomic mass is 9.97. The number of carbonyl (C=O) groups is 1. The molecule has 0 N–H and O–H groups in total. The molecule has 0 aromatic carbocycles. The molecule has 2 heterocycles. The average Bonchev–Trinajstić information content (AvgIpc) is 2.44. The van der Waals surface area contributed by atoms with E-state index in [1.54, 1.807) is 20.2 Å². The van der Waals surface area contributed by atoms with Crippen LogP contribution in [0, 0.1) is 5.92 Å². The zero-order valence-corrected chi connectivity index (χ0v) is 13.3. The minimum Gasteiger partial charge on any atom is -0.343 e. The predicted molar refractivity (Wildman–Crippen MR) is 80.5 cm³/mol. The van der Waals surface area contributed by atoms with Gasteiger partial charge < -0.3 is 4.90 Å². The maximum Gasteiger partial charge on any atom is 0.273 e. The van der Waals surface area contributed by atoms with Gasteiger partial charge in [-0.3, -0.25) is 9.69 Å². The second-order valence-corrected chi connectivity index (χ2v) is 5.08. The average molecular weight is 278 g/mol. The molecule has 1 aliphatic heterocycles. The molecule has 0 saturated carbocycles. The van der Waals surface area contributed by atoms with Crippen molar-refractivity contribution in [2.45, 2.75) is 33.7 Å². The Labute approximate surface area is 122 Å². The summed E-state index contributed by atoms with van der Waals surface area (Å²) in [7, 11) is 3.42. The van der Waals surface area contributed by atoms with Crippen molar-refractivity contribution in [3.05, 3.63) is 23.5 Å². The number of rotatable bonds is 4. The van der Waals surface area contributed by atoms with Crippen molar-refractivity contribution < 1.29 is 4.79 Å². The molecule has 0 aliphatic carbocycles. The second-order valence-electron chi connectivity index (χ2n) is 5.08. The van der Waals surface area contributed by atoms with E-state index in [0.717, 1.165) is 31.2 Å². The number of amides is 1. The van der Waals surface area contributed by atoms with E-state index in [0.29, 0.717) is 5.69 Å². The SMILES string of the molecule is CC.CCC1CN(Cc2ccc(C(=O)N(C)C)nn2)C1. The summed E-state index contributed by atoms with van der Waals surface area (Å²) in [5, 5.41) is 8.10. The third-order valence-corrected chi connectivity index (χ3v) is 3.34. The minimum absolute atomic E-state index is 0.107. The molecular formula is C15H26N4O. The van der Waals surface area contributed by atoms with Crippen LogP contribution in [-0.4, -0.2) is 53.1 Å². The summed E-state index contributed by atoms with van der Waals surface area (Å²) in [5.74, 6) is 0.733. The van der Waals surface area contributed by atoms with E-state index in [2.05, 4.69) is 22.0 Å². The molecule has 0 radical (unpaired) electrons. The first-order valence-corrected chi connectivity index (χ1v) is 7.36. The first kappa shape index (κ1) is 16.6. The summed E-state index contributed by atoms with van der Waals surface area (Å²) >= 11 is 0. The third-order valence-electron chi connectivity index (χ3n) is 3.34. The van der Waals surface area contributed by atoms with Crippen molar-refractivity contribution in [1.82, 2.24) is 20.0 Å². The van der Waals surface area contributed by atoms with Gasteiger partial charge in [0.15, 0.2) is 5.69 Å². The molecule has 5 nitrogen and oxygen atoms in total. The summed E-state index contributed by atoms with van der Waals surface area (Å²) in [4.78, 5) is 15.5. The molecule has 0 atom stereocenters. The van der Waals surface area contributed by atoms with Gasteiger partial charge in [0.2, 0.25) is 0 Å². The third kappa shape index (κ3) is 4.27. The summed E-state index contributed by atoms with van der Waals surface area (Å²) < 4.78 is 0. The monoisotopic (exact) mass is 278 g/mol. The predicted octanol–water partition coefficient (Wildman–Crippen LogP) is 2.05. The molecule has 112 valence electrons. The molecule has 1 amide bonds. The standard InChI is InChI=1S/C13H20N4O.C2H6/c1-4-10-7-17(8-10)9-11-5-6-12(15-14-11)13(18)16(2)3;1-2/h5-6,10H,4,7-9H2,1-3H3;1-2H3. The van der Waals surface area contributed by atoms with Crippen LogP contribution in [0.25, 0.3) is 0 Å². The molecule has 1 aromatic heterocycles. The van der Waals surface area contributed by atoms with Crippen LogP contribution >= 0.6 is 0 Å². The van der Waals surface area contributed by atoms with Crippen LogP contribution in [0.15, 0.2) is 12.1 Å². The lowest BCUT2D eigenvalue weighted by Gasteiger charge is -2.38. The van der Waals surface area contributed by atoms with Gasteiger partial charge in [0, 0.05) is 33.7 Å². The lowest BCUT2D eigenvalue weighted by Crippen LogP contribution is -2.45. The van der Waals surface area contributed by atoms with Crippen LogP contribution in [0.4, 0.5) is 0 Å². The van der Waals surface area contributed by atoms with Gasteiger partial charge in [0.1, 0.15) is 0 Å². The topological polar surface area (TPSA) is 49.3 Å². The zero-order chi connectivity index (χ0) is 15.1. The Morgan fingerprint density at radius 3 is 2.40 bits per heavy atom. The highest BCUT2D eigenvalue weighted by Gasteiger charge is 2.25. The van der Waals surface area contributed by atoms with Gasteiger partial charge in [-0.15, -0.1) is 5.10 Å². The van der Waals surface area contributed by atoms with E-state index in [-0.39, 0.29) is 5.91 Å². The fourth-order valence-corrected chi connectivity index (χ4v) is 2.08. The molecule has 1 saturated heterocycles. The lowest BCUT2D eigenvalue weighted by molar-refractivity contribution is 0.0818. The highest BCUT2D eigenvalue weighted by atomic mass is 16.2. The number of nitrogens with zero attached hydrogens (tertiary/aromatic N) is 4. The molecule has 0 spiro atoms. The molecule has 1 fully saturated rings. The fourth-order valence-electron chi connectivity index (χ4n) is 2.08. The van der Waals surface area contributed by atoms with Crippen molar-refractivity contribution >= 4 is 5.91 Å². The van der Waals surface area contributed by atoms with E-state index in [9.17, 15) is 4.79 Å². The fraction of sp³-hybridized carbons (Fsp3) is 0.667. The molecule has 5 heteroatoms. The Balaban J connectivity index is 0.000000956. The van der Waals surface area contributed by atoms with E-state index < -0.39 is 0 Å². The van der Waals surface area contributed by atoms with Gasteiger partial charge in [-0.25, -0.2) is 0 Å². The Hall–Kier alpha value is -1.49. The van der Waals surface area contributed by atoms with Gasteiger partial charge in [-0.2, -0.15) is 5.10 Å². The van der Waals surface area contributed by atoms with Crippen molar-refractivity contribution in [3.8, 4) is 0 Å². The van der Waals surface area contributed by atoms with Gasteiger partial charge >= 0.3 is 0 Å². The van der Waals surface area contributed by atoms with Crippen molar-refractivity contribution in [1.29, 1.82) is 0 Å². The normalized spacial score (nSPS) is 15.1. The largest absolute Gasteiger partial charge is 0.343 e. The first-order valence-electron chi connectivity index (χ1n) is 7.36.